The molecule has 1 saturated heterocycles. The van der Waals surface area contributed by atoms with E-state index < -0.39 is 5.91 Å². The van der Waals surface area contributed by atoms with Crippen molar-refractivity contribution in [3.05, 3.63) is 28.8 Å². The summed E-state index contributed by atoms with van der Waals surface area (Å²) in [6.07, 6.45) is 0. The molecule has 0 atom stereocenters. The second-order valence-corrected chi connectivity index (χ2v) is 4.03. The Bertz CT molecular complexity index is 476. The van der Waals surface area contributed by atoms with Gasteiger partial charge < -0.3 is 15.4 Å². The quantitative estimate of drug-likeness (QED) is 0.849. The minimum atomic E-state index is -0.613. The summed E-state index contributed by atoms with van der Waals surface area (Å²) in [5.41, 5.74) is 6.02. The SMILES string of the molecule is NC(=O)c1cc(N2CCOCC2=O)ccc1Cl. The third kappa shape index (κ3) is 2.40. The standard InChI is InChI=1S/C11H11ClN2O3/c12-9-2-1-7(5-8(9)11(13)16)14-3-4-17-6-10(14)15/h1-2,5H,3-4,6H2,(H2,13,16). The van der Waals surface area contributed by atoms with Gasteiger partial charge in [-0.3, -0.25) is 9.59 Å². The number of ether oxygens (including phenoxy) is 1. The van der Waals surface area contributed by atoms with Crippen LogP contribution >= 0.6 is 11.6 Å². The molecule has 5 nitrogen and oxygen atoms in total. The van der Waals surface area contributed by atoms with Gasteiger partial charge in [-0.1, -0.05) is 11.6 Å². The number of hydrogen-bond donors (Lipinski definition) is 1. The van der Waals surface area contributed by atoms with Crippen molar-refractivity contribution in [1.82, 2.24) is 0 Å². The Balaban J connectivity index is 2.35. The van der Waals surface area contributed by atoms with Crippen molar-refractivity contribution in [3.63, 3.8) is 0 Å². The zero-order valence-electron chi connectivity index (χ0n) is 8.98. The van der Waals surface area contributed by atoms with Crippen LogP contribution in [-0.2, 0) is 9.53 Å². The van der Waals surface area contributed by atoms with Crippen LogP contribution in [0.25, 0.3) is 0 Å². The Kier molecular flexibility index (Phi) is 3.31. The first-order valence-electron chi connectivity index (χ1n) is 5.07. The molecule has 0 spiro atoms. The number of rotatable bonds is 2. The highest BCUT2D eigenvalue weighted by molar-refractivity contribution is 6.34. The van der Waals surface area contributed by atoms with E-state index in [1.165, 1.54) is 6.07 Å². The van der Waals surface area contributed by atoms with Gasteiger partial charge in [0.15, 0.2) is 0 Å². The van der Waals surface area contributed by atoms with Crippen LogP contribution in [0.15, 0.2) is 18.2 Å². The summed E-state index contributed by atoms with van der Waals surface area (Å²) >= 11 is 5.84. The number of benzene rings is 1. The molecule has 90 valence electrons. The summed E-state index contributed by atoms with van der Waals surface area (Å²) in [6, 6.07) is 4.76. The van der Waals surface area contributed by atoms with E-state index in [1.54, 1.807) is 17.0 Å². The second-order valence-electron chi connectivity index (χ2n) is 3.63. The Morgan fingerprint density at radius 2 is 2.24 bits per heavy atom. The van der Waals surface area contributed by atoms with E-state index in [1.807, 2.05) is 0 Å². The van der Waals surface area contributed by atoms with Crippen molar-refractivity contribution >= 4 is 29.1 Å². The molecule has 0 aromatic heterocycles. The molecule has 0 unspecified atom stereocenters. The largest absolute Gasteiger partial charge is 0.370 e. The summed E-state index contributed by atoms with van der Waals surface area (Å²) in [5, 5.41) is 0.280. The van der Waals surface area contributed by atoms with Crippen molar-refractivity contribution in [2.24, 2.45) is 5.73 Å². The summed E-state index contributed by atoms with van der Waals surface area (Å²) in [7, 11) is 0. The fraction of sp³-hybridized carbons (Fsp3) is 0.273. The van der Waals surface area contributed by atoms with E-state index >= 15 is 0 Å². The van der Waals surface area contributed by atoms with Crippen LogP contribution in [0.4, 0.5) is 5.69 Å². The van der Waals surface area contributed by atoms with Crippen molar-refractivity contribution in [1.29, 1.82) is 0 Å². The number of hydrogen-bond acceptors (Lipinski definition) is 3. The number of nitrogens with two attached hydrogens (primary N) is 1. The maximum absolute atomic E-state index is 11.6. The Labute approximate surface area is 103 Å². The van der Waals surface area contributed by atoms with E-state index in [2.05, 4.69) is 0 Å². The second kappa shape index (κ2) is 4.73. The highest BCUT2D eigenvalue weighted by Crippen LogP contribution is 2.23. The van der Waals surface area contributed by atoms with Crippen LogP contribution in [0.3, 0.4) is 0 Å². The van der Waals surface area contributed by atoms with Crippen LogP contribution < -0.4 is 10.6 Å². The number of primary amides is 1. The van der Waals surface area contributed by atoms with Gasteiger partial charge in [-0.05, 0) is 18.2 Å². The van der Waals surface area contributed by atoms with Gasteiger partial charge >= 0.3 is 0 Å². The maximum Gasteiger partial charge on any atom is 0.253 e. The zero-order chi connectivity index (χ0) is 12.4. The third-order valence-electron chi connectivity index (χ3n) is 2.51. The molecular weight excluding hydrogens is 244 g/mol. The number of halogens is 1. The van der Waals surface area contributed by atoms with Crippen LogP contribution in [0.1, 0.15) is 10.4 Å². The minimum absolute atomic E-state index is 0.0501. The zero-order valence-corrected chi connectivity index (χ0v) is 9.74. The molecule has 0 radical (unpaired) electrons. The van der Waals surface area contributed by atoms with Crippen LogP contribution in [0, 0.1) is 0 Å². The predicted molar refractivity (Wildman–Crippen MR) is 63.1 cm³/mol. The van der Waals surface area contributed by atoms with E-state index in [0.717, 1.165) is 0 Å². The van der Waals surface area contributed by atoms with Gasteiger partial charge in [0.05, 0.1) is 17.2 Å². The molecule has 1 fully saturated rings. The average molecular weight is 255 g/mol. The molecule has 1 aromatic rings. The number of carbonyl (C=O) groups excluding carboxylic acids is 2. The molecule has 2 rings (SSSR count). The Hall–Kier alpha value is -1.59. The number of carbonyl (C=O) groups is 2. The fourth-order valence-electron chi connectivity index (χ4n) is 1.66. The van der Waals surface area contributed by atoms with E-state index in [0.29, 0.717) is 18.8 Å². The van der Waals surface area contributed by atoms with E-state index in [4.69, 9.17) is 22.1 Å². The van der Waals surface area contributed by atoms with Gasteiger partial charge in [-0.15, -0.1) is 0 Å². The summed E-state index contributed by atoms with van der Waals surface area (Å²) in [5.74, 6) is -0.758. The van der Waals surface area contributed by atoms with E-state index in [9.17, 15) is 9.59 Å². The first kappa shape index (κ1) is 11.9. The van der Waals surface area contributed by atoms with Gasteiger partial charge in [0.1, 0.15) is 6.61 Å². The van der Waals surface area contributed by atoms with Gasteiger partial charge in [-0.2, -0.15) is 0 Å². The molecule has 1 heterocycles. The van der Waals surface area contributed by atoms with Crippen molar-refractivity contribution in [2.75, 3.05) is 24.7 Å². The lowest BCUT2D eigenvalue weighted by molar-refractivity contribution is -0.125. The first-order valence-corrected chi connectivity index (χ1v) is 5.45. The molecule has 1 aliphatic rings. The number of morpholine rings is 1. The third-order valence-corrected chi connectivity index (χ3v) is 2.84. The molecule has 6 heteroatoms. The van der Waals surface area contributed by atoms with E-state index in [-0.39, 0.29) is 23.1 Å². The topological polar surface area (TPSA) is 72.6 Å². The number of amides is 2. The van der Waals surface area contributed by atoms with Crippen LogP contribution in [0.5, 0.6) is 0 Å². The number of anilines is 1. The molecule has 2 amide bonds. The lowest BCUT2D eigenvalue weighted by atomic mass is 10.1. The smallest absolute Gasteiger partial charge is 0.253 e. The maximum atomic E-state index is 11.6. The number of nitrogens with zero attached hydrogens (tertiary/aromatic N) is 1. The molecule has 1 aromatic carbocycles. The van der Waals surface area contributed by atoms with Crippen LogP contribution in [-0.4, -0.2) is 31.6 Å². The molecular formula is C11H11ClN2O3. The molecule has 1 aliphatic heterocycles. The molecule has 0 aliphatic carbocycles. The van der Waals surface area contributed by atoms with Gasteiger partial charge in [0.25, 0.3) is 5.91 Å². The highest BCUT2D eigenvalue weighted by Gasteiger charge is 2.21. The van der Waals surface area contributed by atoms with Crippen molar-refractivity contribution in [3.8, 4) is 0 Å². The Morgan fingerprint density at radius 1 is 1.47 bits per heavy atom. The summed E-state index contributed by atoms with van der Waals surface area (Å²) < 4.78 is 5.03. The normalized spacial score (nSPS) is 16.1. The monoisotopic (exact) mass is 254 g/mol. The fourth-order valence-corrected chi connectivity index (χ4v) is 1.87. The predicted octanol–water partition coefficient (Wildman–Crippen LogP) is 0.802. The first-order chi connectivity index (χ1) is 8.09. The van der Waals surface area contributed by atoms with Crippen LogP contribution in [0.2, 0.25) is 5.02 Å². The molecule has 0 bridgehead atoms. The molecule has 0 saturated carbocycles. The van der Waals surface area contributed by atoms with Gasteiger partial charge in [0, 0.05) is 12.2 Å². The van der Waals surface area contributed by atoms with Gasteiger partial charge in [0.2, 0.25) is 5.91 Å². The van der Waals surface area contributed by atoms with Gasteiger partial charge in [-0.25, -0.2) is 0 Å². The molecule has 17 heavy (non-hydrogen) atoms. The summed E-state index contributed by atoms with van der Waals surface area (Å²) in [6.45, 7) is 0.980. The summed E-state index contributed by atoms with van der Waals surface area (Å²) in [4.78, 5) is 24.3. The Morgan fingerprint density at radius 3 is 2.88 bits per heavy atom. The lowest BCUT2D eigenvalue weighted by Gasteiger charge is -2.27. The average Bonchev–Trinajstić information content (AvgIpc) is 2.30. The highest BCUT2D eigenvalue weighted by atomic mass is 35.5. The molecule has 2 N–H and O–H groups in total. The van der Waals surface area contributed by atoms with Crippen molar-refractivity contribution < 1.29 is 14.3 Å². The lowest BCUT2D eigenvalue weighted by Crippen LogP contribution is -2.41. The minimum Gasteiger partial charge on any atom is -0.370 e. The van der Waals surface area contributed by atoms with Crippen molar-refractivity contribution in [2.45, 2.75) is 0 Å².